The number of anilines is 1. The van der Waals surface area contributed by atoms with E-state index in [9.17, 15) is 18.5 Å². The fourth-order valence-electron chi connectivity index (χ4n) is 2.93. The topological polar surface area (TPSA) is 134 Å². The van der Waals surface area contributed by atoms with Crippen LogP contribution in [0.1, 0.15) is 0 Å². The molecule has 10 heteroatoms. The van der Waals surface area contributed by atoms with Crippen LogP contribution in [0, 0.1) is 10.1 Å². The smallest absolute Gasteiger partial charge is 0.269 e. The number of nitro groups is 1. The van der Waals surface area contributed by atoms with Gasteiger partial charge < -0.3 is 5.73 Å². The number of non-ortho nitro benzene ring substituents is 1. The third kappa shape index (κ3) is 2.85. The number of hydrogen-bond acceptors (Lipinski definition) is 7. The second-order valence-corrected chi connectivity index (χ2v) is 7.73. The van der Waals surface area contributed by atoms with E-state index < -0.39 is 14.9 Å². The molecule has 0 saturated carbocycles. The minimum Gasteiger partial charge on any atom is -0.368 e. The molecule has 9 nitrogen and oxygen atoms in total. The molecule has 0 fully saturated rings. The van der Waals surface area contributed by atoms with Gasteiger partial charge in [0.1, 0.15) is 0 Å². The predicted molar refractivity (Wildman–Crippen MR) is 103 cm³/mol. The normalized spacial score (nSPS) is 11.6. The number of fused-ring (bicyclic) bond motifs is 1. The van der Waals surface area contributed by atoms with Crippen LogP contribution in [0.2, 0.25) is 0 Å². The number of nitro benzene ring substituents is 1. The Hall–Kier alpha value is -3.79. The molecule has 0 atom stereocenters. The van der Waals surface area contributed by atoms with E-state index in [1.54, 1.807) is 30.3 Å². The Kier molecular flexibility index (Phi) is 4.04. The Morgan fingerprint density at radius 2 is 1.75 bits per heavy atom. The zero-order chi connectivity index (χ0) is 19.9. The molecule has 2 aromatic heterocycles. The van der Waals surface area contributed by atoms with Crippen molar-refractivity contribution in [3.63, 3.8) is 0 Å². The highest BCUT2D eigenvalue weighted by molar-refractivity contribution is 7.90. The van der Waals surface area contributed by atoms with Crippen molar-refractivity contribution >= 4 is 32.6 Å². The van der Waals surface area contributed by atoms with Crippen LogP contribution >= 0.6 is 0 Å². The van der Waals surface area contributed by atoms with E-state index in [1.807, 2.05) is 0 Å². The lowest BCUT2D eigenvalue weighted by Crippen LogP contribution is -2.11. The van der Waals surface area contributed by atoms with Crippen LogP contribution in [0.4, 0.5) is 11.6 Å². The van der Waals surface area contributed by atoms with Crippen LogP contribution in [-0.2, 0) is 10.0 Å². The van der Waals surface area contributed by atoms with E-state index in [-0.39, 0.29) is 16.5 Å². The van der Waals surface area contributed by atoms with Gasteiger partial charge >= 0.3 is 0 Å². The molecule has 0 saturated heterocycles. The van der Waals surface area contributed by atoms with Gasteiger partial charge in [0, 0.05) is 35.5 Å². The third-order valence-corrected chi connectivity index (χ3v) is 5.92. The van der Waals surface area contributed by atoms with Gasteiger partial charge in [-0.2, -0.15) is 0 Å². The molecule has 28 heavy (non-hydrogen) atoms. The lowest BCUT2D eigenvalue weighted by atomic mass is 10.1. The SMILES string of the molecule is Nc1nccc(-c2cn(S(=O)(=O)c3ccc([N+](=O)[O-])cc3)c3ccccc23)n1. The van der Waals surface area contributed by atoms with E-state index in [4.69, 9.17) is 5.73 Å². The first-order valence-electron chi connectivity index (χ1n) is 8.07. The summed E-state index contributed by atoms with van der Waals surface area (Å²) < 4.78 is 27.5. The molecular formula is C18H13N5O4S. The van der Waals surface area contributed by atoms with E-state index in [0.717, 1.165) is 16.1 Å². The summed E-state index contributed by atoms with van der Waals surface area (Å²) in [7, 11) is -3.99. The van der Waals surface area contributed by atoms with Crippen LogP contribution in [0.25, 0.3) is 22.2 Å². The van der Waals surface area contributed by atoms with Crippen LogP contribution in [-0.4, -0.2) is 27.3 Å². The zero-order valence-corrected chi connectivity index (χ0v) is 15.1. The van der Waals surface area contributed by atoms with E-state index in [2.05, 4.69) is 9.97 Å². The van der Waals surface area contributed by atoms with Crippen LogP contribution in [0.5, 0.6) is 0 Å². The monoisotopic (exact) mass is 395 g/mol. The maximum atomic E-state index is 13.2. The first-order valence-corrected chi connectivity index (χ1v) is 9.51. The maximum Gasteiger partial charge on any atom is 0.269 e. The van der Waals surface area contributed by atoms with Crippen molar-refractivity contribution in [2.24, 2.45) is 0 Å². The molecule has 140 valence electrons. The fraction of sp³-hybridized carbons (Fsp3) is 0. The van der Waals surface area contributed by atoms with Crippen LogP contribution in [0.15, 0.2) is 71.9 Å². The van der Waals surface area contributed by atoms with Gasteiger partial charge in [0.05, 0.1) is 21.0 Å². The highest BCUT2D eigenvalue weighted by Gasteiger charge is 2.23. The van der Waals surface area contributed by atoms with E-state index in [0.29, 0.717) is 22.2 Å². The second-order valence-electron chi connectivity index (χ2n) is 5.91. The van der Waals surface area contributed by atoms with Gasteiger partial charge in [0.15, 0.2) is 0 Å². The minimum atomic E-state index is -3.99. The van der Waals surface area contributed by atoms with Gasteiger partial charge in [-0.15, -0.1) is 0 Å². The van der Waals surface area contributed by atoms with Gasteiger partial charge in [-0.1, -0.05) is 18.2 Å². The molecule has 0 spiro atoms. The molecule has 2 aromatic carbocycles. The summed E-state index contributed by atoms with van der Waals surface area (Å²) in [6.07, 6.45) is 2.96. The summed E-state index contributed by atoms with van der Waals surface area (Å²) >= 11 is 0. The van der Waals surface area contributed by atoms with E-state index >= 15 is 0 Å². The molecule has 4 rings (SSSR count). The number of aromatic nitrogens is 3. The van der Waals surface area contributed by atoms with Crippen molar-refractivity contribution < 1.29 is 13.3 Å². The van der Waals surface area contributed by atoms with Gasteiger partial charge in [-0.05, 0) is 24.3 Å². The predicted octanol–water partition coefficient (Wildman–Crippen LogP) is 2.83. The number of nitrogens with zero attached hydrogens (tertiary/aromatic N) is 4. The maximum absolute atomic E-state index is 13.2. The van der Waals surface area contributed by atoms with Gasteiger partial charge in [-0.25, -0.2) is 22.4 Å². The van der Waals surface area contributed by atoms with Crippen molar-refractivity contribution in [1.82, 2.24) is 13.9 Å². The van der Waals surface area contributed by atoms with Crippen LogP contribution < -0.4 is 5.73 Å². The molecule has 2 heterocycles. The Balaban J connectivity index is 1.92. The first-order chi connectivity index (χ1) is 13.4. The fourth-order valence-corrected chi connectivity index (χ4v) is 4.30. The average molecular weight is 395 g/mol. The first kappa shape index (κ1) is 17.6. The van der Waals surface area contributed by atoms with Gasteiger partial charge in [0.2, 0.25) is 5.95 Å². The molecule has 0 aliphatic carbocycles. The van der Waals surface area contributed by atoms with Crippen molar-refractivity contribution in [2.75, 3.05) is 5.73 Å². The highest BCUT2D eigenvalue weighted by Crippen LogP contribution is 2.32. The minimum absolute atomic E-state index is 0.0624. The summed E-state index contributed by atoms with van der Waals surface area (Å²) in [6.45, 7) is 0. The number of benzene rings is 2. The number of nitrogens with two attached hydrogens (primary N) is 1. The van der Waals surface area contributed by atoms with Crippen molar-refractivity contribution in [1.29, 1.82) is 0 Å². The third-order valence-electron chi connectivity index (χ3n) is 4.23. The van der Waals surface area contributed by atoms with E-state index in [1.165, 1.54) is 24.5 Å². The van der Waals surface area contributed by atoms with Crippen LogP contribution in [0.3, 0.4) is 0 Å². The Morgan fingerprint density at radius 1 is 1.04 bits per heavy atom. The molecule has 0 bridgehead atoms. The average Bonchev–Trinajstić information content (AvgIpc) is 3.08. The second kappa shape index (κ2) is 6.43. The number of para-hydroxylation sites is 1. The molecule has 0 radical (unpaired) electrons. The molecule has 0 amide bonds. The molecule has 0 unspecified atom stereocenters. The lowest BCUT2D eigenvalue weighted by molar-refractivity contribution is -0.384. The molecule has 0 aliphatic rings. The number of hydrogen-bond donors (Lipinski definition) is 1. The summed E-state index contributed by atoms with van der Waals surface area (Å²) in [4.78, 5) is 18.2. The number of rotatable bonds is 4. The quantitative estimate of drug-likeness (QED) is 0.415. The highest BCUT2D eigenvalue weighted by atomic mass is 32.2. The van der Waals surface area contributed by atoms with Crippen molar-refractivity contribution in [2.45, 2.75) is 4.90 Å². The van der Waals surface area contributed by atoms with Gasteiger partial charge in [0.25, 0.3) is 15.7 Å². The molecular weight excluding hydrogens is 382 g/mol. The molecule has 4 aromatic rings. The zero-order valence-electron chi connectivity index (χ0n) is 14.3. The summed E-state index contributed by atoms with van der Waals surface area (Å²) in [6, 6.07) is 13.4. The molecule has 0 aliphatic heterocycles. The van der Waals surface area contributed by atoms with Crippen molar-refractivity contribution in [3.05, 3.63) is 77.1 Å². The standard InChI is InChI=1S/C18H13N5O4S/c19-18-20-10-9-16(21-18)15-11-22(17-4-2-1-3-14(15)17)28(26,27)13-7-5-12(6-8-13)23(24)25/h1-11H,(H2,19,20,21). The largest absolute Gasteiger partial charge is 0.368 e. The summed E-state index contributed by atoms with van der Waals surface area (Å²) in [5.74, 6) is 0.0764. The number of nitrogen functional groups attached to an aromatic ring is 1. The van der Waals surface area contributed by atoms with Gasteiger partial charge in [-0.3, -0.25) is 10.1 Å². The summed E-state index contributed by atoms with van der Waals surface area (Å²) in [5, 5.41) is 11.5. The Bertz CT molecular complexity index is 1310. The Morgan fingerprint density at radius 3 is 2.43 bits per heavy atom. The summed E-state index contributed by atoms with van der Waals surface area (Å²) in [5.41, 5.74) is 6.99. The lowest BCUT2D eigenvalue weighted by Gasteiger charge is -2.07. The molecule has 2 N–H and O–H groups in total. The van der Waals surface area contributed by atoms with Crippen molar-refractivity contribution in [3.8, 4) is 11.3 Å². The Labute approximate surface area is 159 Å².